The SMILES string of the molecule is NC1(C(=O)O)C2(CCC2)C12CCC2. The highest BCUT2D eigenvalue weighted by Gasteiger charge is 2.90. The molecule has 0 aromatic rings. The number of rotatable bonds is 1. The molecule has 13 heavy (non-hydrogen) atoms. The second kappa shape index (κ2) is 1.78. The highest BCUT2D eigenvalue weighted by molar-refractivity contribution is 5.88. The summed E-state index contributed by atoms with van der Waals surface area (Å²) in [6.45, 7) is 0. The van der Waals surface area contributed by atoms with Crippen LogP contribution >= 0.6 is 0 Å². The molecule has 3 N–H and O–H groups in total. The number of fused-ring (bicyclic) bond motifs is 1. The minimum atomic E-state index is -0.851. The van der Waals surface area contributed by atoms with Crippen LogP contribution in [-0.4, -0.2) is 16.6 Å². The molecule has 2 spiro atoms. The van der Waals surface area contributed by atoms with Crippen LogP contribution in [0, 0.1) is 10.8 Å². The van der Waals surface area contributed by atoms with E-state index in [2.05, 4.69) is 0 Å². The normalized spacial score (nSPS) is 42.5. The Hall–Kier alpha value is -0.570. The zero-order valence-electron chi connectivity index (χ0n) is 7.68. The van der Waals surface area contributed by atoms with E-state index in [1.54, 1.807) is 0 Å². The van der Waals surface area contributed by atoms with Crippen LogP contribution in [0.3, 0.4) is 0 Å². The Bertz CT molecular complexity index is 269. The standard InChI is InChI=1S/C10H15NO2/c11-10(7(12)13)8(3-1-4-8)9(10)5-2-6-9/h1-6,11H2,(H,12,13). The fourth-order valence-electron chi connectivity index (χ4n) is 4.09. The maximum absolute atomic E-state index is 11.2. The lowest BCUT2D eigenvalue weighted by Crippen LogP contribution is -2.44. The van der Waals surface area contributed by atoms with Gasteiger partial charge in [0.2, 0.25) is 0 Å². The number of carboxylic acid groups (broad SMARTS) is 1. The molecular formula is C10H15NO2. The average Bonchev–Trinajstić information content (AvgIpc) is 2.44. The molecule has 0 amide bonds. The molecule has 0 bridgehead atoms. The predicted octanol–water partition coefficient (Wildman–Crippen LogP) is 1.12. The van der Waals surface area contributed by atoms with E-state index in [1.165, 1.54) is 12.8 Å². The molecule has 0 unspecified atom stereocenters. The Kier molecular flexibility index (Phi) is 1.07. The third-order valence-corrected chi connectivity index (χ3v) is 5.11. The van der Waals surface area contributed by atoms with Gasteiger partial charge in [-0.3, -0.25) is 4.79 Å². The van der Waals surface area contributed by atoms with Gasteiger partial charge in [-0.15, -0.1) is 0 Å². The Labute approximate surface area is 77.3 Å². The molecule has 3 nitrogen and oxygen atoms in total. The van der Waals surface area contributed by atoms with Crippen LogP contribution < -0.4 is 5.73 Å². The molecule has 72 valence electrons. The fraction of sp³-hybridized carbons (Fsp3) is 0.900. The number of carbonyl (C=O) groups is 1. The first-order valence-corrected chi connectivity index (χ1v) is 5.13. The van der Waals surface area contributed by atoms with Crippen LogP contribution in [0.4, 0.5) is 0 Å². The molecule has 0 aromatic carbocycles. The van der Waals surface area contributed by atoms with Crippen molar-refractivity contribution >= 4 is 5.97 Å². The molecule has 0 heterocycles. The molecule has 0 aromatic heterocycles. The molecule has 0 aliphatic heterocycles. The van der Waals surface area contributed by atoms with Gasteiger partial charge < -0.3 is 10.8 Å². The van der Waals surface area contributed by atoms with Crippen LogP contribution in [0.5, 0.6) is 0 Å². The van der Waals surface area contributed by atoms with Crippen LogP contribution in [0.15, 0.2) is 0 Å². The Morgan fingerprint density at radius 2 is 1.46 bits per heavy atom. The second-order valence-electron chi connectivity index (χ2n) is 4.98. The van der Waals surface area contributed by atoms with Gasteiger partial charge in [0.25, 0.3) is 0 Å². The molecule has 3 aliphatic carbocycles. The van der Waals surface area contributed by atoms with Crippen LogP contribution in [0.2, 0.25) is 0 Å². The van der Waals surface area contributed by atoms with E-state index in [4.69, 9.17) is 5.73 Å². The summed E-state index contributed by atoms with van der Waals surface area (Å²) in [4.78, 5) is 11.2. The maximum Gasteiger partial charge on any atom is 0.324 e. The highest BCUT2D eigenvalue weighted by atomic mass is 16.4. The largest absolute Gasteiger partial charge is 0.480 e. The Morgan fingerprint density at radius 1 is 1.08 bits per heavy atom. The first kappa shape index (κ1) is 7.80. The maximum atomic E-state index is 11.2. The van der Waals surface area contributed by atoms with Gasteiger partial charge in [-0.05, 0) is 25.7 Å². The molecular weight excluding hydrogens is 166 g/mol. The summed E-state index contributed by atoms with van der Waals surface area (Å²) in [5, 5.41) is 9.19. The van der Waals surface area contributed by atoms with Gasteiger partial charge in [0, 0.05) is 10.8 Å². The summed E-state index contributed by atoms with van der Waals surface area (Å²) in [7, 11) is 0. The van der Waals surface area contributed by atoms with Gasteiger partial charge in [0.05, 0.1) is 0 Å². The van der Waals surface area contributed by atoms with Crippen molar-refractivity contribution in [2.45, 2.75) is 44.1 Å². The van der Waals surface area contributed by atoms with Crippen molar-refractivity contribution < 1.29 is 9.90 Å². The van der Waals surface area contributed by atoms with Gasteiger partial charge in [-0.25, -0.2) is 0 Å². The van der Waals surface area contributed by atoms with E-state index >= 15 is 0 Å². The quantitative estimate of drug-likeness (QED) is 0.637. The lowest BCUT2D eigenvalue weighted by atomic mass is 9.67. The van der Waals surface area contributed by atoms with Crippen molar-refractivity contribution in [1.82, 2.24) is 0 Å². The summed E-state index contributed by atoms with van der Waals surface area (Å²) < 4.78 is 0. The van der Waals surface area contributed by atoms with Crippen LogP contribution in [0.25, 0.3) is 0 Å². The summed E-state index contributed by atoms with van der Waals surface area (Å²) in [6.07, 6.45) is 6.55. The van der Waals surface area contributed by atoms with Crippen molar-refractivity contribution in [3.63, 3.8) is 0 Å². The number of carboxylic acids is 1. The molecule has 3 heteroatoms. The van der Waals surface area contributed by atoms with Gasteiger partial charge in [0.15, 0.2) is 0 Å². The lowest BCUT2D eigenvalue weighted by Gasteiger charge is -2.36. The smallest absolute Gasteiger partial charge is 0.324 e. The van der Waals surface area contributed by atoms with Crippen LogP contribution in [0.1, 0.15) is 38.5 Å². The Balaban J connectivity index is 2.02. The molecule has 3 aliphatic rings. The minimum absolute atomic E-state index is 0.0179. The van der Waals surface area contributed by atoms with E-state index < -0.39 is 11.5 Å². The summed E-state index contributed by atoms with van der Waals surface area (Å²) in [6, 6.07) is 0. The number of hydrogen-bond acceptors (Lipinski definition) is 2. The van der Waals surface area contributed by atoms with Crippen molar-refractivity contribution in [2.24, 2.45) is 16.6 Å². The van der Waals surface area contributed by atoms with Gasteiger partial charge in [-0.1, -0.05) is 12.8 Å². The summed E-state index contributed by atoms with van der Waals surface area (Å²) in [5.41, 5.74) is 5.26. The third-order valence-electron chi connectivity index (χ3n) is 5.11. The highest BCUT2D eigenvalue weighted by Crippen LogP contribution is 2.85. The van der Waals surface area contributed by atoms with Crippen molar-refractivity contribution in [1.29, 1.82) is 0 Å². The number of aliphatic carboxylic acids is 1. The van der Waals surface area contributed by atoms with E-state index in [-0.39, 0.29) is 10.8 Å². The summed E-state index contributed by atoms with van der Waals surface area (Å²) >= 11 is 0. The van der Waals surface area contributed by atoms with E-state index in [0.717, 1.165) is 25.7 Å². The topological polar surface area (TPSA) is 63.3 Å². The molecule has 0 radical (unpaired) electrons. The molecule has 3 saturated carbocycles. The molecule has 3 rings (SSSR count). The zero-order chi connectivity index (χ0) is 9.32. The van der Waals surface area contributed by atoms with Gasteiger partial charge in [0.1, 0.15) is 5.54 Å². The molecule has 0 atom stereocenters. The van der Waals surface area contributed by atoms with Crippen molar-refractivity contribution in [2.75, 3.05) is 0 Å². The third kappa shape index (κ3) is 0.471. The Morgan fingerprint density at radius 3 is 1.54 bits per heavy atom. The molecule has 3 fully saturated rings. The summed E-state index contributed by atoms with van der Waals surface area (Å²) in [5.74, 6) is -0.758. The number of nitrogens with two attached hydrogens (primary N) is 1. The predicted molar refractivity (Wildman–Crippen MR) is 47.1 cm³/mol. The monoisotopic (exact) mass is 181 g/mol. The van der Waals surface area contributed by atoms with E-state index in [0.29, 0.717) is 0 Å². The first-order valence-electron chi connectivity index (χ1n) is 5.13. The van der Waals surface area contributed by atoms with Crippen molar-refractivity contribution in [3.8, 4) is 0 Å². The fourth-order valence-corrected chi connectivity index (χ4v) is 4.09. The van der Waals surface area contributed by atoms with Crippen LogP contribution in [-0.2, 0) is 4.79 Å². The zero-order valence-corrected chi connectivity index (χ0v) is 7.68. The van der Waals surface area contributed by atoms with Gasteiger partial charge >= 0.3 is 5.97 Å². The van der Waals surface area contributed by atoms with E-state index in [1.807, 2.05) is 0 Å². The number of hydrogen-bond donors (Lipinski definition) is 2. The lowest BCUT2D eigenvalue weighted by molar-refractivity contribution is -0.142. The average molecular weight is 181 g/mol. The molecule has 0 saturated heterocycles. The van der Waals surface area contributed by atoms with Gasteiger partial charge in [-0.2, -0.15) is 0 Å². The van der Waals surface area contributed by atoms with Crippen molar-refractivity contribution in [3.05, 3.63) is 0 Å². The first-order chi connectivity index (χ1) is 6.11. The second-order valence-corrected chi connectivity index (χ2v) is 4.98. The van der Waals surface area contributed by atoms with E-state index in [9.17, 15) is 9.90 Å². The minimum Gasteiger partial charge on any atom is -0.480 e.